The Kier molecular flexibility index (Phi) is 3.90. The number of thiophene rings is 1. The Morgan fingerprint density at radius 3 is 2.32 bits per heavy atom. The second kappa shape index (κ2) is 5.72. The summed E-state index contributed by atoms with van der Waals surface area (Å²) in [6.07, 6.45) is 4.37. The molecule has 0 unspecified atom stereocenters. The van der Waals surface area contributed by atoms with Gasteiger partial charge in [-0.15, -0.1) is 11.3 Å². The fourth-order valence-electron chi connectivity index (χ4n) is 2.90. The van der Waals surface area contributed by atoms with Crippen molar-refractivity contribution in [2.45, 2.75) is 25.7 Å². The van der Waals surface area contributed by atoms with Gasteiger partial charge in [-0.05, 0) is 18.9 Å². The summed E-state index contributed by atoms with van der Waals surface area (Å²) >= 11 is 1.23. The van der Waals surface area contributed by atoms with Crippen LogP contribution in [-0.4, -0.2) is 33.0 Å². The number of amides is 1. The van der Waals surface area contributed by atoms with Crippen LogP contribution in [0, 0.1) is 0 Å². The molecule has 22 heavy (non-hydrogen) atoms. The summed E-state index contributed by atoms with van der Waals surface area (Å²) in [4.78, 5) is 39.8. The van der Waals surface area contributed by atoms with Crippen LogP contribution in [0.4, 0.5) is 0 Å². The molecule has 0 atom stereocenters. The molecule has 0 N–H and O–H groups in total. The molecule has 0 spiro atoms. The highest BCUT2D eigenvalue weighted by molar-refractivity contribution is 7.20. The number of carbonyl (C=O) groups excluding carboxylic acids is 1. The lowest BCUT2D eigenvalue weighted by Crippen LogP contribution is -2.36. The van der Waals surface area contributed by atoms with Gasteiger partial charge in [-0.3, -0.25) is 18.7 Å². The van der Waals surface area contributed by atoms with E-state index in [1.54, 1.807) is 13.1 Å². The molecular weight excluding hydrogens is 302 g/mol. The van der Waals surface area contributed by atoms with Gasteiger partial charge in [0.15, 0.2) is 0 Å². The van der Waals surface area contributed by atoms with Crippen LogP contribution < -0.4 is 11.2 Å². The van der Waals surface area contributed by atoms with Gasteiger partial charge in [0.25, 0.3) is 11.5 Å². The highest BCUT2D eigenvalue weighted by Gasteiger charge is 2.21. The van der Waals surface area contributed by atoms with Crippen molar-refractivity contribution in [2.75, 3.05) is 13.1 Å². The lowest BCUT2D eigenvalue weighted by molar-refractivity contribution is 0.0766. The molecule has 6 nitrogen and oxygen atoms in total. The monoisotopic (exact) mass is 321 g/mol. The molecule has 0 bridgehead atoms. The number of nitrogens with zero attached hydrogens (tertiary/aromatic N) is 3. The average molecular weight is 321 g/mol. The Morgan fingerprint density at radius 1 is 1.05 bits per heavy atom. The predicted octanol–water partition coefficient (Wildman–Crippen LogP) is 1.31. The molecule has 1 saturated heterocycles. The number of carbonyl (C=O) groups is 1. The van der Waals surface area contributed by atoms with Crippen LogP contribution in [0.1, 0.15) is 35.4 Å². The Balaban J connectivity index is 2.07. The van der Waals surface area contributed by atoms with Crippen molar-refractivity contribution < 1.29 is 4.79 Å². The van der Waals surface area contributed by atoms with Crippen molar-refractivity contribution in [3.05, 3.63) is 31.8 Å². The summed E-state index contributed by atoms with van der Waals surface area (Å²) < 4.78 is 2.51. The Labute approximate surface area is 131 Å². The molecule has 2 aromatic rings. The Hall–Kier alpha value is -1.89. The molecule has 2 aromatic heterocycles. The second-order valence-electron chi connectivity index (χ2n) is 5.74. The van der Waals surface area contributed by atoms with E-state index in [-0.39, 0.29) is 17.2 Å². The zero-order valence-electron chi connectivity index (χ0n) is 12.8. The minimum atomic E-state index is -0.367. The van der Waals surface area contributed by atoms with Gasteiger partial charge in [0.05, 0.1) is 10.3 Å². The molecule has 118 valence electrons. The summed E-state index contributed by atoms with van der Waals surface area (Å²) in [5.74, 6) is -0.0300. The molecule has 1 fully saturated rings. The fraction of sp³-hybridized carbons (Fsp3) is 0.533. The van der Waals surface area contributed by atoms with Gasteiger partial charge < -0.3 is 4.90 Å². The summed E-state index contributed by atoms with van der Waals surface area (Å²) in [6, 6.07) is 1.63. The van der Waals surface area contributed by atoms with Crippen molar-refractivity contribution in [3.8, 4) is 0 Å². The third kappa shape index (κ3) is 2.39. The van der Waals surface area contributed by atoms with Crippen LogP contribution >= 0.6 is 11.3 Å². The molecule has 0 aromatic carbocycles. The SMILES string of the molecule is Cn1c(=O)c2cc(C(=O)N3CCCCCC3)sc2n(C)c1=O. The van der Waals surface area contributed by atoms with Gasteiger partial charge in [0.2, 0.25) is 0 Å². The first-order valence-electron chi connectivity index (χ1n) is 7.49. The molecular formula is C15H19N3O3S. The van der Waals surface area contributed by atoms with Crippen LogP contribution in [0.25, 0.3) is 10.2 Å². The van der Waals surface area contributed by atoms with Crippen LogP contribution in [0.15, 0.2) is 15.7 Å². The molecule has 0 saturated carbocycles. The number of fused-ring (bicyclic) bond motifs is 1. The first-order valence-corrected chi connectivity index (χ1v) is 8.31. The zero-order valence-corrected chi connectivity index (χ0v) is 13.6. The lowest BCUT2D eigenvalue weighted by Gasteiger charge is -2.19. The largest absolute Gasteiger partial charge is 0.338 e. The van der Waals surface area contributed by atoms with Crippen molar-refractivity contribution in [3.63, 3.8) is 0 Å². The summed E-state index contributed by atoms with van der Waals surface area (Å²) in [7, 11) is 3.08. The van der Waals surface area contributed by atoms with Crippen LogP contribution in [0.5, 0.6) is 0 Å². The van der Waals surface area contributed by atoms with Crippen LogP contribution in [0.2, 0.25) is 0 Å². The summed E-state index contributed by atoms with van der Waals surface area (Å²) in [6.45, 7) is 1.54. The second-order valence-corrected chi connectivity index (χ2v) is 6.77. The van der Waals surface area contributed by atoms with E-state index < -0.39 is 0 Å². The van der Waals surface area contributed by atoms with E-state index >= 15 is 0 Å². The van der Waals surface area contributed by atoms with Gasteiger partial charge in [-0.1, -0.05) is 12.8 Å². The highest BCUT2D eigenvalue weighted by Crippen LogP contribution is 2.24. The van der Waals surface area contributed by atoms with Crippen LogP contribution in [0.3, 0.4) is 0 Å². The smallest absolute Gasteiger partial charge is 0.331 e. The molecule has 0 radical (unpaired) electrons. The standard InChI is InChI=1S/C15H19N3O3S/c1-16-12(19)10-9-11(22-14(10)17(2)15(16)21)13(20)18-7-5-3-4-6-8-18/h9H,3-8H2,1-2H3. The first-order chi connectivity index (χ1) is 10.5. The van der Waals surface area contributed by atoms with E-state index in [0.717, 1.165) is 43.3 Å². The van der Waals surface area contributed by atoms with Gasteiger partial charge in [0, 0.05) is 27.2 Å². The number of aromatic nitrogens is 2. The van der Waals surface area contributed by atoms with Crippen molar-refractivity contribution in [1.29, 1.82) is 0 Å². The van der Waals surface area contributed by atoms with Gasteiger partial charge >= 0.3 is 5.69 Å². The van der Waals surface area contributed by atoms with Gasteiger partial charge in [-0.25, -0.2) is 4.79 Å². The van der Waals surface area contributed by atoms with E-state index in [4.69, 9.17) is 0 Å². The van der Waals surface area contributed by atoms with Gasteiger partial charge in [-0.2, -0.15) is 0 Å². The maximum atomic E-state index is 12.7. The van der Waals surface area contributed by atoms with Crippen molar-refractivity contribution in [2.24, 2.45) is 14.1 Å². The third-order valence-corrected chi connectivity index (χ3v) is 5.43. The molecule has 1 amide bonds. The maximum absolute atomic E-state index is 12.7. The van der Waals surface area contributed by atoms with Crippen molar-refractivity contribution >= 4 is 27.5 Å². The summed E-state index contributed by atoms with van der Waals surface area (Å²) in [5, 5.41) is 0.438. The molecule has 1 aliphatic rings. The first kappa shape index (κ1) is 15.0. The number of rotatable bonds is 1. The molecule has 3 heterocycles. The minimum absolute atomic E-state index is 0.0300. The van der Waals surface area contributed by atoms with E-state index in [0.29, 0.717) is 15.1 Å². The number of likely N-dealkylation sites (tertiary alicyclic amines) is 1. The maximum Gasteiger partial charge on any atom is 0.331 e. The number of hydrogen-bond acceptors (Lipinski definition) is 4. The van der Waals surface area contributed by atoms with E-state index in [2.05, 4.69) is 0 Å². The number of aryl methyl sites for hydroxylation is 1. The van der Waals surface area contributed by atoms with E-state index in [1.165, 1.54) is 23.0 Å². The minimum Gasteiger partial charge on any atom is -0.338 e. The lowest BCUT2D eigenvalue weighted by atomic mass is 10.2. The zero-order chi connectivity index (χ0) is 15.9. The highest BCUT2D eigenvalue weighted by atomic mass is 32.1. The number of hydrogen-bond donors (Lipinski definition) is 0. The molecule has 7 heteroatoms. The van der Waals surface area contributed by atoms with Gasteiger partial charge in [0.1, 0.15) is 4.83 Å². The Morgan fingerprint density at radius 2 is 1.68 bits per heavy atom. The average Bonchev–Trinajstić information content (AvgIpc) is 2.78. The topological polar surface area (TPSA) is 64.3 Å². The predicted molar refractivity (Wildman–Crippen MR) is 86.7 cm³/mol. The van der Waals surface area contributed by atoms with E-state index in [1.807, 2.05) is 4.90 Å². The Bertz CT molecular complexity index is 838. The molecule has 0 aliphatic carbocycles. The normalized spacial score (nSPS) is 16.0. The van der Waals surface area contributed by atoms with Crippen molar-refractivity contribution in [1.82, 2.24) is 14.0 Å². The fourth-order valence-corrected chi connectivity index (χ4v) is 3.97. The third-order valence-electron chi connectivity index (χ3n) is 4.23. The summed E-state index contributed by atoms with van der Waals surface area (Å²) in [5.41, 5.74) is -0.711. The van der Waals surface area contributed by atoms with Crippen LogP contribution in [-0.2, 0) is 14.1 Å². The molecule has 1 aliphatic heterocycles. The molecule has 3 rings (SSSR count). The van der Waals surface area contributed by atoms with E-state index in [9.17, 15) is 14.4 Å². The quantitative estimate of drug-likeness (QED) is 0.795.